The number of rotatable bonds is 4. The maximum Gasteiger partial charge on any atom is 0.256 e. The Morgan fingerprint density at radius 1 is 0.571 bits per heavy atom. The van der Waals surface area contributed by atoms with Gasteiger partial charge in [0.2, 0.25) is 0 Å². The first-order valence-electron chi connectivity index (χ1n) is 7.97. The first kappa shape index (κ1) is 20.5. The van der Waals surface area contributed by atoms with Crippen molar-refractivity contribution in [2.24, 2.45) is 0 Å². The van der Waals surface area contributed by atoms with Crippen LogP contribution in [-0.4, -0.2) is 11.8 Å². The molecule has 0 aromatic heterocycles. The van der Waals surface area contributed by atoms with Gasteiger partial charge in [0.05, 0.1) is 42.6 Å². The highest BCUT2D eigenvalue weighted by atomic mass is 35.5. The number of hydrogen-bond acceptors (Lipinski definition) is 2. The van der Waals surface area contributed by atoms with Gasteiger partial charge in [0, 0.05) is 0 Å². The minimum atomic E-state index is -0.559. The molecule has 0 spiro atoms. The van der Waals surface area contributed by atoms with Crippen molar-refractivity contribution in [2.45, 2.75) is 0 Å². The number of anilines is 2. The summed E-state index contributed by atoms with van der Waals surface area (Å²) < 4.78 is 0. The molecule has 142 valence electrons. The van der Waals surface area contributed by atoms with Crippen LogP contribution in [0.15, 0.2) is 60.7 Å². The van der Waals surface area contributed by atoms with Gasteiger partial charge in [0.15, 0.2) is 0 Å². The summed E-state index contributed by atoms with van der Waals surface area (Å²) >= 11 is 24.3. The van der Waals surface area contributed by atoms with Crippen molar-refractivity contribution in [2.75, 3.05) is 10.6 Å². The van der Waals surface area contributed by atoms with Crippen LogP contribution in [0.1, 0.15) is 20.7 Å². The summed E-state index contributed by atoms with van der Waals surface area (Å²) in [4.78, 5) is 25.6. The zero-order valence-electron chi connectivity index (χ0n) is 14.1. The van der Waals surface area contributed by atoms with Crippen LogP contribution in [0, 0.1) is 0 Å². The number of halogens is 4. The molecule has 0 heterocycles. The summed E-state index contributed by atoms with van der Waals surface area (Å²) in [5, 5.41) is 6.33. The van der Waals surface area contributed by atoms with Gasteiger partial charge in [-0.05, 0) is 36.4 Å². The van der Waals surface area contributed by atoms with Gasteiger partial charge in [0.25, 0.3) is 11.8 Å². The molecule has 8 heteroatoms. The number of carbonyl (C=O) groups excluding carboxylic acids is 2. The van der Waals surface area contributed by atoms with Gasteiger partial charge >= 0.3 is 0 Å². The highest BCUT2D eigenvalue weighted by molar-refractivity contribution is 6.43. The molecular weight excluding hydrogens is 442 g/mol. The number of benzene rings is 3. The highest BCUT2D eigenvalue weighted by Gasteiger charge is 2.21. The molecular formula is C20H12Cl4N2O2. The molecule has 0 aliphatic rings. The van der Waals surface area contributed by atoms with E-state index in [2.05, 4.69) is 10.6 Å². The lowest BCUT2D eigenvalue weighted by Crippen LogP contribution is -2.20. The summed E-state index contributed by atoms with van der Waals surface area (Å²) in [6.07, 6.45) is 0. The van der Waals surface area contributed by atoms with Gasteiger partial charge in [-0.3, -0.25) is 9.59 Å². The Morgan fingerprint density at radius 3 is 1.29 bits per heavy atom. The third-order valence-corrected chi connectivity index (χ3v) is 5.18. The van der Waals surface area contributed by atoms with E-state index in [1.54, 1.807) is 48.5 Å². The van der Waals surface area contributed by atoms with Crippen molar-refractivity contribution >= 4 is 69.6 Å². The summed E-state index contributed by atoms with van der Waals surface area (Å²) in [5.41, 5.74) is 0.883. The van der Waals surface area contributed by atoms with E-state index >= 15 is 0 Å². The average molecular weight is 454 g/mol. The molecule has 3 rings (SSSR count). The highest BCUT2D eigenvalue weighted by Crippen LogP contribution is 2.29. The monoisotopic (exact) mass is 452 g/mol. The Labute approximate surface area is 181 Å². The van der Waals surface area contributed by atoms with Gasteiger partial charge in [-0.1, -0.05) is 70.7 Å². The molecule has 0 saturated carbocycles. The molecule has 0 fully saturated rings. The van der Waals surface area contributed by atoms with Crippen LogP contribution in [0.4, 0.5) is 11.4 Å². The van der Waals surface area contributed by atoms with Crippen molar-refractivity contribution in [1.29, 1.82) is 0 Å². The van der Waals surface area contributed by atoms with Crippen LogP contribution in [0.5, 0.6) is 0 Å². The Hall–Kier alpha value is -2.24. The van der Waals surface area contributed by atoms with E-state index < -0.39 is 11.8 Å². The fourth-order valence-electron chi connectivity index (χ4n) is 2.43. The van der Waals surface area contributed by atoms with Crippen molar-refractivity contribution in [3.05, 3.63) is 91.9 Å². The average Bonchev–Trinajstić information content (AvgIpc) is 2.67. The molecule has 2 N–H and O–H groups in total. The number of para-hydroxylation sites is 2. The lowest BCUT2D eigenvalue weighted by molar-refractivity contribution is 0.0990. The molecule has 0 saturated heterocycles. The molecule has 28 heavy (non-hydrogen) atoms. The van der Waals surface area contributed by atoms with Gasteiger partial charge < -0.3 is 10.6 Å². The van der Waals surface area contributed by atoms with E-state index in [0.717, 1.165) is 0 Å². The van der Waals surface area contributed by atoms with E-state index in [0.29, 0.717) is 21.4 Å². The molecule has 0 aliphatic heterocycles. The molecule has 3 aromatic rings. The Kier molecular flexibility index (Phi) is 6.47. The number of hydrogen-bond donors (Lipinski definition) is 2. The zero-order valence-corrected chi connectivity index (χ0v) is 17.1. The van der Waals surface area contributed by atoms with E-state index in [-0.39, 0.29) is 21.2 Å². The minimum absolute atomic E-state index is 0.0406. The predicted molar refractivity (Wildman–Crippen MR) is 115 cm³/mol. The third-order valence-electron chi connectivity index (χ3n) is 3.79. The summed E-state index contributed by atoms with van der Waals surface area (Å²) in [7, 11) is 0. The van der Waals surface area contributed by atoms with Crippen LogP contribution >= 0.6 is 46.4 Å². The number of carbonyl (C=O) groups is 2. The molecule has 0 radical (unpaired) electrons. The van der Waals surface area contributed by atoms with E-state index in [4.69, 9.17) is 46.4 Å². The summed E-state index contributed by atoms with van der Waals surface area (Å²) in [6.45, 7) is 0. The second kappa shape index (κ2) is 8.84. The summed E-state index contributed by atoms with van der Waals surface area (Å²) in [5.74, 6) is -1.12. The molecule has 0 aliphatic carbocycles. The first-order valence-corrected chi connectivity index (χ1v) is 9.49. The normalized spacial score (nSPS) is 10.4. The lowest BCUT2D eigenvalue weighted by Gasteiger charge is -2.13. The lowest BCUT2D eigenvalue weighted by atomic mass is 10.1. The topological polar surface area (TPSA) is 58.2 Å². The van der Waals surface area contributed by atoms with Gasteiger partial charge in [0.1, 0.15) is 0 Å². The Morgan fingerprint density at radius 2 is 0.929 bits per heavy atom. The first-order chi connectivity index (χ1) is 13.4. The van der Waals surface area contributed by atoms with Crippen LogP contribution in [0.25, 0.3) is 0 Å². The van der Waals surface area contributed by atoms with Gasteiger partial charge in [-0.15, -0.1) is 0 Å². The smallest absolute Gasteiger partial charge is 0.256 e. The minimum Gasteiger partial charge on any atom is -0.321 e. The summed E-state index contributed by atoms with van der Waals surface area (Å²) in [6, 6.07) is 16.1. The van der Waals surface area contributed by atoms with Crippen LogP contribution in [0.3, 0.4) is 0 Å². The quantitative estimate of drug-likeness (QED) is 0.456. The molecule has 3 aromatic carbocycles. The predicted octanol–water partition coefficient (Wildman–Crippen LogP) is 6.80. The van der Waals surface area contributed by atoms with Crippen molar-refractivity contribution in [1.82, 2.24) is 0 Å². The van der Waals surface area contributed by atoms with Crippen molar-refractivity contribution < 1.29 is 9.59 Å². The largest absolute Gasteiger partial charge is 0.321 e. The van der Waals surface area contributed by atoms with Crippen molar-refractivity contribution in [3.8, 4) is 0 Å². The van der Waals surface area contributed by atoms with E-state index in [1.807, 2.05) is 0 Å². The Balaban J connectivity index is 1.96. The molecule has 4 nitrogen and oxygen atoms in total. The standard InChI is InChI=1S/C20H12Cl4N2O2/c21-13-5-1-3-7-17(13)25-19(27)11-9-15(23)16(24)10-12(11)20(28)26-18-8-4-2-6-14(18)22/h1-10H,(H,25,27)(H,26,28). The fraction of sp³-hybridized carbons (Fsp3) is 0. The molecule has 0 bridgehead atoms. The fourth-order valence-corrected chi connectivity index (χ4v) is 3.12. The molecule has 0 atom stereocenters. The van der Waals surface area contributed by atoms with Crippen LogP contribution < -0.4 is 10.6 Å². The third kappa shape index (κ3) is 4.59. The van der Waals surface area contributed by atoms with Gasteiger partial charge in [-0.2, -0.15) is 0 Å². The van der Waals surface area contributed by atoms with Crippen LogP contribution in [-0.2, 0) is 0 Å². The van der Waals surface area contributed by atoms with E-state index in [1.165, 1.54) is 12.1 Å². The zero-order chi connectivity index (χ0) is 20.3. The van der Waals surface area contributed by atoms with Crippen molar-refractivity contribution in [3.63, 3.8) is 0 Å². The van der Waals surface area contributed by atoms with E-state index in [9.17, 15) is 9.59 Å². The number of nitrogens with one attached hydrogen (secondary N) is 2. The SMILES string of the molecule is O=C(Nc1ccccc1Cl)c1cc(Cl)c(Cl)cc1C(=O)Nc1ccccc1Cl. The van der Waals surface area contributed by atoms with Gasteiger partial charge in [-0.25, -0.2) is 0 Å². The van der Waals surface area contributed by atoms with Crippen LogP contribution in [0.2, 0.25) is 20.1 Å². The maximum atomic E-state index is 12.8. The second-order valence-electron chi connectivity index (χ2n) is 5.68. The second-order valence-corrected chi connectivity index (χ2v) is 7.31. The number of amides is 2. The molecule has 2 amide bonds. The molecule has 0 unspecified atom stereocenters. The maximum absolute atomic E-state index is 12.8. The Bertz CT molecular complexity index is 985.